The standard InChI is InChI=1S/C30H34F6N2O2/c1-19(2)26-18-40-28-14-13-25(15-24(28)11-12-27(39)38(26)28)37(16-20-3-7-22(8-4-20)29(31,32)33)17-21-5-9-23(10-6-21)30(34,35)36/h3-10,19,24-26H,11-18H2,1-2H3/t24?,25?,26-,28?/m0/s1. The van der Waals surface area contributed by atoms with E-state index in [2.05, 4.69) is 18.7 Å². The highest BCUT2D eigenvalue weighted by Gasteiger charge is 2.59. The molecule has 218 valence electrons. The Morgan fingerprint density at radius 1 is 0.900 bits per heavy atom. The lowest BCUT2D eigenvalue weighted by atomic mass is 9.72. The Kier molecular flexibility index (Phi) is 7.72. The van der Waals surface area contributed by atoms with Crippen LogP contribution in [-0.4, -0.2) is 40.1 Å². The van der Waals surface area contributed by atoms with Gasteiger partial charge in [-0.3, -0.25) is 9.69 Å². The molecule has 0 aromatic heterocycles. The first kappa shape index (κ1) is 28.9. The zero-order chi connectivity index (χ0) is 28.9. The molecule has 1 saturated carbocycles. The minimum atomic E-state index is -4.43. The number of hydrogen-bond donors (Lipinski definition) is 0. The predicted molar refractivity (Wildman–Crippen MR) is 137 cm³/mol. The third kappa shape index (κ3) is 5.62. The van der Waals surface area contributed by atoms with Crippen LogP contribution in [0, 0.1) is 11.8 Å². The molecular weight excluding hydrogens is 534 g/mol. The molecule has 4 nitrogen and oxygen atoms in total. The quantitative estimate of drug-likeness (QED) is 0.344. The van der Waals surface area contributed by atoms with Gasteiger partial charge in [-0.05, 0) is 67.0 Å². The lowest BCUT2D eigenvalue weighted by Gasteiger charge is -2.53. The maximum atomic E-state index is 13.1. The van der Waals surface area contributed by atoms with Crippen molar-refractivity contribution < 1.29 is 35.9 Å². The number of carbonyl (C=O) groups is 1. The summed E-state index contributed by atoms with van der Waals surface area (Å²) in [4.78, 5) is 17.1. The predicted octanol–water partition coefficient (Wildman–Crippen LogP) is 7.27. The molecule has 0 bridgehead atoms. The Hall–Kier alpha value is -2.59. The Labute approximate surface area is 230 Å². The second kappa shape index (κ2) is 10.7. The lowest BCUT2D eigenvalue weighted by molar-refractivity contribution is -0.192. The summed E-state index contributed by atoms with van der Waals surface area (Å²) in [6.45, 7) is 5.38. The molecule has 2 aromatic carbocycles. The molecule has 1 spiro atoms. The normalized spacial score (nSPS) is 27.3. The second-order valence-electron chi connectivity index (χ2n) is 11.7. The number of hydrogen-bond acceptors (Lipinski definition) is 3. The monoisotopic (exact) mass is 568 g/mol. The highest BCUT2D eigenvalue weighted by molar-refractivity contribution is 5.78. The van der Waals surface area contributed by atoms with Crippen LogP contribution >= 0.6 is 0 Å². The fraction of sp³-hybridized carbons (Fsp3) is 0.567. The van der Waals surface area contributed by atoms with Gasteiger partial charge in [-0.15, -0.1) is 0 Å². The van der Waals surface area contributed by atoms with Crippen LogP contribution in [0.3, 0.4) is 0 Å². The van der Waals surface area contributed by atoms with Gasteiger partial charge >= 0.3 is 12.4 Å². The van der Waals surface area contributed by atoms with E-state index in [1.54, 1.807) is 0 Å². The van der Waals surface area contributed by atoms with Gasteiger partial charge in [0.05, 0.1) is 23.8 Å². The maximum absolute atomic E-state index is 13.1. The third-order valence-corrected chi connectivity index (χ3v) is 8.87. The average molecular weight is 569 g/mol. The molecule has 40 heavy (non-hydrogen) atoms. The van der Waals surface area contributed by atoms with Gasteiger partial charge in [0.2, 0.25) is 5.91 Å². The first-order valence-electron chi connectivity index (χ1n) is 13.8. The number of benzene rings is 2. The molecule has 10 heteroatoms. The van der Waals surface area contributed by atoms with Crippen LogP contribution in [0.2, 0.25) is 0 Å². The van der Waals surface area contributed by atoms with E-state index in [0.717, 1.165) is 30.7 Å². The van der Waals surface area contributed by atoms with Crippen molar-refractivity contribution in [1.82, 2.24) is 9.80 Å². The molecule has 0 radical (unpaired) electrons. The zero-order valence-corrected chi connectivity index (χ0v) is 22.6. The van der Waals surface area contributed by atoms with Crippen LogP contribution in [-0.2, 0) is 35.0 Å². The molecule has 1 aliphatic carbocycles. The van der Waals surface area contributed by atoms with Crippen molar-refractivity contribution in [2.75, 3.05) is 6.61 Å². The molecule has 1 amide bonds. The van der Waals surface area contributed by atoms with Gasteiger partial charge in [-0.1, -0.05) is 38.1 Å². The van der Waals surface area contributed by atoms with E-state index >= 15 is 0 Å². The van der Waals surface area contributed by atoms with Crippen LogP contribution in [0.1, 0.15) is 68.2 Å². The summed E-state index contributed by atoms with van der Waals surface area (Å²) in [6.07, 6.45) is -5.64. The molecule has 2 heterocycles. The van der Waals surface area contributed by atoms with Crippen molar-refractivity contribution in [3.63, 3.8) is 0 Å². The van der Waals surface area contributed by atoms with E-state index in [1.165, 1.54) is 24.3 Å². The Morgan fingerprint density at radius 3 is 1.90 bits per heavy atom. The maximum Gasteiger partial charge on any atom is 0.416 e. The van der Waals surface area contributed by atoms with E-state index < -0.39 is 29.2 Å². The summed E-state index contributed by atoms with van der Waals surface area (Å²) < 4.78 is 85.1. The van der Waals surface area contributed by atoms with Crippen molar-refractivity contribution in [1.29, 1.82) is 0 Å². The smallest absolute Gasteiger partial charge is 0.353 e. The number of alkyl halides is 6. The van der Waals surface area contributed by atoms with Gasteiger partial charge in [0.15, 0.2) is 0 Å². The molecule has 2 aromatic rings. The Balaban J connectivity index is 1.39. The van der Waals surface area contributed by atoms with Gasteiger partial charge in [0, 0.05) is 31.5 Å². The van der Waals surface area contributed by atoms with E-state index in [-0.39, 0.29) is 29.8 Å². The van der Waals surface area contributed by atoms with Crippen LogP contribution in [0.25, 0.3) is 0 Å². The highest BCUT2D eigenvalue weighted by atomic mass is 19.4. The van der Waals surface area contributed by atoms with Gasteiger partial charge in [-0.25, -0.2) is 0 Å². The van der Waals surface area contributed by atoms with Crippen LogP contribution in [0.4, 0.5) is 26.3 Å². The first-order valence-corrected chi connectivity index (χ1v) is 13.8. The van der Waals surface area contributed by atoms with Gasteiger partial charge in [-0.2, -0.15) is 26.3 Å². The van der Waals surface area contributed by atoms with E-state index in [4.69, 9.17) is 4.74 Å². The molecule has 3 fully saturated rings. The Bertz CT molecular complexity index is 1140. The minimum absolute atomic E-state index is 0.0250. The number of nitrogens with zero attached hydrogens (tertiary/aromatic N) is 2. The number of piperidine rings is 1. The number of ether oxygens (including phenoxy) is 1. The summed E-state index contributed by atoms with van der Waals surface area (Å²) in [5.41, 5.74) is -0.699. The van der Waals surface area contributed by atoms with E-state index in [9.17, 15) is 31.1 Å². The third-order valence-electron chi connectivity index (χ3n) is 8.87. The zero-order valence-electron chi connectivity index (χ0n) is 22.6. The van der Waals surface area contributed by atoms with E-state index in [1.807, 2.05) is 4.90 Å². The summed E-state index contributed by atoms with van der Waals surface area (Å²) in [7, 11) is 0. The molecule has 2 aliphatic heterocycles. The van der Waals surface area contributed by atoms with Gasteiger partial charge < -0.3 is 9.64 Å². The lowest BCUT2D eigenvalue weighted by Crippen LogP contribution is -2.63. The van der Waals surface area contributed by atoms with Crippen molar-refractivity contribution in [2.24, 2.45) is 11.8 Å². The number of halogens is 6. The van der Waals surface area contributed by atoms with Crippen molar-refractivity contribution in [2.45, 2.75) is 89.2 Å². The summed E-state index contributed by atoms with van der Waals surface area (Å²) >= 11 is 0. The molecule has 3 unspecified atom stereocenters. The average Bonchev–Trinajstić information content (AvgIpc) is 3.29. The highest BCUT2D eigenvalue weighted by Crippen LogP contribution is 2.51. The fourth-order valence-corrected chi connectivity index (χ4v) is 6.73. The van der Waals surface area contributed by atoms with Gasteiger partial charge in [0.25, 0.3) is 0 Å². The van der Waals surface area contributed by atoms with Crippen LogP contribution < -0.4 is 0 Å². The summed E-state index contributed by atoms with van der Waals surface area (Å²) in [6, 6.07) is 10.1. The molecule has 3 aliphatic rings. The largest absolute Gasteiger partial charge is 0.416 e. The van der Waals surface area contributed by atoms with Crippen LogP contribution in [0.15, 0.2) is 48.5 Å². The number of carbonyl (C=O) groups excluding carboxylic acids is 1. The summed E-state index contributed by atoms with van der Waals surface area (Å²) in [5, 5.41) is 0. The Morgan fingerprint density at radius 2 is 1.43 bits per heavy atom. The number of rotatable bonds is 6. The molecule has 2 saturated heterocycles. The fourth-order valence-electron chi connectivity index (χ4n) is 6.73. The molecular formula is C30H34F6N2O2. The van der Waals surface area contributed by atoms with Crippen molar-refractivity contribution >= 4 is 5.91 Å². The second-order valence-corrected chi connectivity index (χ2v) is 11.7. The van der Waals surface area contributed by atoms with E-state index in [0.29, 0.717) is 56.5 Å². The summed E-state index contributed by atoms with van der Waals surface area (Å²) in [5.74, 6) is 0.489. The molecule has 0 N–H and O–H groups in total. The molecule has 4 atom stereocenters. The topological polar surface area (TPSA) is 32.8 Å². The SMILES string of the molecule is CC(C)[C@@H]1COC23CCC(N(Cc4ccc(C(F)(F)F)cc4)Cc4ccc(C(F)(F)F)cc4)CC2CCC(=O)N13. The number of amides is 1. The van der Waals surface area contributed by atoms with Crippen molar-refractivity contribution in [3.05, 3.63) is 70.8 Å². The van der Waals surface area contributed by atoms with Gasteiger partial charge in [0.1, 0.15) is 5.72 Å². The molecule has 5 rings (SSSR count). The minimum Gasteiger partial charge on any atom is -0.353 e. The first-order chi connectivity index (χ1) is 18.8. The van der Waals surface area contributed by atoms with Crippen LogP contribution in [0.5, 0.6) is 0 Å². The van der Waals surface area contributed by atoms with Crippen molar-refractivity contribution in [3.8, 4) is 0 Å².